The van der Waals surface area contributed by atoms with Crippen molar-refractivity contribution in [2.45, 2.75) is 6.54 Å². The van der Waals surface area contributed by atoms with Crippen LogP contribution in [0.2, 0.25) is 0 Å². The van der Waals surface area contributed by atoms with Gasteiger partial charge in [-0.2, -0.15) is 0 Å². The molecule has 0 radical (unpaired) electrons. The number of hydrogen-bond donors (Lipinski definition) is 1. The Labute approximate surface area is 124 Å². The van der Waals surface area contributed by atoms with Gasteiger partial charge in [0.05, 0.1) is 11.1 Å². The van der Waals surface area contributed by atoms with E-state index in [4.69, 9.17) is 0 Å². The van der Waals surface area contributed by atoms with Crippen LogP contribution in [0, 0.1) is 0 Å². The Balaban J connectivity index is 1.66. The summed E-state index contributed by atoms with van der Waals surface area (Å²) >= 11 is 3.02. The van der Waals surface area contributed by atoms with Gasteiger partial charge in [0.2, 0.25) is 0 Å². The summed E-state index contributed by atoms with van der Waals surface area (Å²) in [5.74, 6) is -0.103. The maximum atomic E-state index is 12.0. The lowest BCUT2D eigenvalue weighted by atomic mass is 10.3. The average Bonchev–Trinajstić information content (AvgIpc) is 3.16. The highest BCUT2D eigenvalue weighted by atomic mass is 32.1. The molecule has 1 N–H and O–H groups in total. The third-order valence-corrected chi connectivity index (χ3v) is 4.67. The maximum absolute atomic E-state index is 12.0. The van der Waals surface area contributed by atoms with Gasteiger partial charge in [0.25, 0.3) is 5.91 Å². The van der Waals surface area contributed by atoms with Crippen molar-refractivity contribution in [1.82, 2.24) is 15.3 Å². The number of carbonyl (C=O) groups is 1. The molecule has 3 aromatic rings. The zero-order valence-corrected chi connectivity index (χ0v) is 12.1. The third kappa shape index (κ3) is 2.92. The van der Waals surface area contributed by atoms with Gasteiger partial charge in [-0.15, -0.1) is 22.7 Å². The summed E-state index contributed by atoms with van der Waals surface area (Å²) in [6.07, 6.45) is 5.07. The predicted molar refractivity (Wildman–Crippen MR) is 80.8 cm³/mol. The highest BCUT2D eigenvalue weighted by molar-refractivity contribution is 7.21. The van der Waals surface area contributed by atoms with Crippen molar-refractivity contribution in [1.29, 1.82) is 0 Å². The number of nitrogens with zero attached hydrogens (tertiary/aromatic N) is 2. The van der Waals surface area contributed by atoms with Crippen molar-refractivity contribution in [2.24, 2.45) is 0 Å². The van der Waals surface area contributed by atoms with Gasteiger partial charge >= 0.3 is 0 Å². The summed E-state index contributed by atoms with van der Waals surface area (Å²) in [6.45, 7) is 0.471. The van der Waals surface area contributed by atoms with Crippen LogP contribution >= 0.6 is 22.7 Å². The minimum Gasteiger partial charge on any atom is -0.347 e. The summed E-state index contributed by atoms with van der Waals surface area (Å²) < 4.78 is 0. The highest BCUT2D eigenvalue weighted by Crippen LogP contribution is 2.28. The van der Waals surface area contributed by atoms with E-state index < -0.39 is 0 Å². The molecule has 0 saturated carbocycles. The predicted octanol–water partition coefficient (Wildman–Crippen LogP) is 3.20. The minimum absolute atomic E-state index is 0.103. The molecule has 1 amide bonds. The molecule has 6 heteroatoms. The Morgan fingerprint density at radius 1 is 1.25 bits per heavy atom. The van der Waals surface area contributed by atoms with Crippen LogP contribution in [0.15, 0.2) is 48.2 Å². The molecule has 0 aromatic carbocycles. The van der Waals surface area contributed by atoms with E-state index in [0.29, 0.717) is 11.4 Å². The van der Waals surface area contributed by atoms with Crippen LogP contribution in [-0.4, -0.2) is 15.9 Å². The molecule has 0 aliphatic heterocycles. The molecule has 3 heterocycles. The van der Waals surface area contributed by atoms with Gasteiger partial charge in [0, 0.05) is 18.9 Å². The Bertz CT molecular complexity index is 692. The zero-order chi connectivity index (χ0) is 13.8. The van der Waals surface area contributed by atoms with Crippen molar-refractivity contribution in [3.63, 3.8) is 0 Å². The van der Waals surface area contributed by atoms with Crippen molar-refractivity contribution in [3.8, 4) is 9.88 Å². The van der Waals surface area contributed by atoms with Gasteiger partial charge in [-0.3, -0.25) is 9.78 Å². The lowest BCUT2D eigenvalue weighted by Gasteiger charge is -2.02. The number of amides is 1. The van der Waals surface area contributed by atoms with Crippen LogP contribution in [0.4, 0.5) is 0 Å². The van der Waals surface area contributed by atoms with E-state index in [1.807, 2.05) is 29.6 Å². The van der Waals surface area contributed by atoms with Crippen LogP contribution in [0.25, 0.3) is 9.88 Å². The minimum atomic E-state index is -0.103. The molecular weight excluding hydrogens is 290 g/mol. The number of pyridine rings is 1. The maximum Gasteiger partial charge on any atom is 0.263 e. The molecule has 3 aromatic heterocycles. The van der Waals surface area contributed by atoms with Crippen molar-refractivity contribution < 1.29 is 4.79 Å². The summed E-state index contributed by atoms with van der Waals surface area (Å²) in [5, 5.41) is 5.75. The molecule has 100 valence electrons. The molecule has 20 heavy (non-hydrogen) atoms. The second kappa shape index (κ2) is 5.94. The van der Waals surface area contributed by atoms with E-state index in [1.54, 1.807) is 29.9 Å². The number of rotatable bonds is 4. The second-order valence-corrected chi connectivity index (χ2v) is 6.03. The molecule has 0 aliphatic carbocycles. The molecule has 0 bridgehead atoms. The van der Waals surface area contributed by atoms with Crippen LogP contribution in [0.5, 0.6) is 0 Å². The molecule has 0 spiro atoms. The first-order valence-corrected chi connectivity index (χ1v) is 7.69. The van der Waals surface area contributed by atoms with Crippen LogP contribution in [0.1, 0.15) is 15.2 Å². The standard InChI is InChI=1S/C14H11N3OS2/c18-13(16-8-10-3-1-5-15-7-10)12-9-17-14(20-12)11-4-2-6-19-11/h1-7,9H,8H2,(H,16,18). The molecule has 4 nitrogen and oxygen atoms in total. The van der Waals surface area contributed by atoms with Crippen LogP contribution in [0.3, 0.4) is 0 Å². The van der Waals surface area contributed by atoms with Gasteiger partial charge < -0.3 is 5.32 Å². The number of thiazole rings is 1. The number of aromatic nitrogens is 2. The fourth-order valence-corrected chi connectivity index (χ4v) is 3.30. The summed E-state index contributed by atoms with van der Waals surface area (Å²) in [7, 11) is 0. The average molecular weight is 301 g/mol. The monoisotopic (exact) mass is 301 g/mol. The lowest BCUT2D eigenvalue weighted by molar-refractivity contribution is 0.0954. The van der Waals surface area contributed by atoms with Gasteiger partial charge in [-0.05, 0) is 23.1 Å². The van der Waals surface area contributed by atoms with E-state index in [9.17, 15) is 4.79 Å². The molecule has 0 fully saturated rings. The van der Waals surface area contributed by atoms with E-state index in [0.717, 1.165) is 15.4 Å². The number of hydrogen-bond acceptors (Lipinski definition) is 5. The van der Waals surface area contributed by atoms with Crippen molar-refractivity contribution >= 4 is 28.6 Å². The van der Waals surface area contributed by atoms with E-state index >= 15 is 0 Å². The van der Waals surface area contributed by atoms with Crippen LogP contribution < -0.4 is 5.32 Å². The fourth-order valence-electron chi connectivity index (χ4n) is 1.67. The van der Waals surface area contributed by atoms with E-state index in [-0.39, 0.29) is 5.91 Å². The van der Waals surface area contributed by atoms with Crippen molar-refractivity contribution in [2.75, 3.05) is 0 Å². The summed E-state index contributed by atoms with van der Waals surface area (Å²) in [4.78, 5) is 22.1. The smallest absolute Gasteiger partial charge is 0.263 e. The van der Waals surface area contributed by atoms with E-state index in [1.165, 1.54) is 11.3 Å². The molecule has 0 saturated heterocycles. The largest absolute Gasteiger partial charge is 0.347 e. The Kier molecular flexibility index (Phi) is 3.85. The Morgan fingerprint density at radius 2 is 2.20 bits per heavy atom. The van der Waals surface area contributed by atoms with Crippen molar-refractivity contribution in [3.05, 3.63) is 58.7 Å². The van der Waals surface area contributed by atoms with Gasteiger partial charge in [-0.25, -0.2) is 4.98 Å². The highest BCUT2D eigenvalue weighted by Gasteiger charge is 2.11. The Hall–Kier alpha value is -2.05. The molecular formula is C14H11N3OS2. The number of nitrogens with one attached hydrogen (secondary N) is 1. The third-order valence-electron chi connectivity index (χ3n) is 2.64. The normalized spacial score (nSPS) is 10.4. The first-order chi connectivity index (χ1) is 9.83. The SMILES string of the molecule is O=C(NCc1cccnc1)c1cnc(-c2cccs2)s1. The van der Waals surface area contributed by atoms with Gasteiger partial charge in [0.15, 0.2) is 0 Å². The molecule has 0 atom stereocenters. The number of thiophene rings is 1. The summed E-state index contributed by atoms with van der Waals surface area (Å²) in [5.41, 5.74) is 0.976. The van der Waals surface area contributed by atoms with Gasteiger partial charge in [-0.1, -0.05) is 12.1 Å². The van der Waals surface area contributed by atoms with E-state index in [2.05, 4.69) is 15.3 Å². The first kappa shape index (κ1) is 13.0. The Morgan fingerprint density at radius 3 is 2.95 bits per heavy atom. The fraction of sp³-hybridized carbons (Fsp3) is 0.0714. The lowest BCUT2D eigenvalue weighted by Crippen LogP contribution is -2.21. The molecule has 0 unspecified atom stereocenters. The zero-order valence-electron chi connectivity index (χ0n) is 10.4. The first-order valence-electron chi connectivity index (χ1n) is 6.00. The second-order valence-electron chi connectivity index (χ2n) is 4.05. The summed E-state index contributed by atoms with van der Waals surface area (Å²) in [6, 6.07) is 7.75. The molecule has 0 aliphatic rings. The van der Waals surface area contributed by atoms with Crippen LogP contribution in [-0.2, 0) is 6.54 Å². The molecule has 3 rings (SSSR count). The quantitative estimate of drug-likeness (QED) is 0.805. The topological polar surface area (TPSA) is 54.9 Å². The van der Waals surface area contributed by atoms with Gasteiger partial charge in [0.1, 0.15) is 9.88 Å². The number of carbonyl (C=O) groups excluding carboxylic acids is 1.